The normalized spacial score (nSPS) is 19.4. The van der Waals surface area contributed by atoms with Crippen molar-refractivity contribution in [2.45, 2.75) is 19.3 Å². The van der Waals surface area contributed by atoms with E-state index in [-0.39, 0.29) is 5.92 Å². The second-order valence-electron chi connectivity index (χ2n) is 3.64. The van der Waals surface area contributed by atoms with E-state index >= 15 is 0 Å². The van der Waals surface area contributed by atoms with E-state index in [9.17, 15) is 4.79 Å². The van der Waals surface area contributed by atoms with E-state index in [1.54, 1.807) is 6.07 Å². The van der Waals surface area contributed by atoms with Gasteiger partial charge in [-0.2, -0.15) is 5.10 Å². The fraction of sp³-hybridized carbons (Fsp3) is 0.500. The summed E-state index contributed by atoms with van der Waals surface area (Å²) in [6.07, 6.45) is 1.85. The van der Waals surface area contributed by atoms with Gasteiger partial charge in [-0.15, -0.1) is 5.10 Å². The van der Waals surface area contributed by atoms with Gasteiger partial charge in [0.25, 0.3) is 0 Å². The molecule has 5 heteroatoms. The van der Waals surface area contributed by atoms with Crippen LogP contribution in [0, 0.1) is 5.92 Å². The molecule has 0 unspecified atom stereocenters. The maximum atomic E-state index is 10.9. The van der Waals surface area contributed by atoms with Gasteiger partial charge in [0, 0.05) is 6.07 Å². The van der Waals surface area contributed by atoms with Crippen LogP contribution in [0.1, 0.15) is 17.7 Å². The second kappa shape index (κ2) is 3.84. The number of ether oxygens (including phenoxy) is 1. The number of hydrogen-bond acceptors (Lipinski definition) is 4. The van der Waals surface area contributed by atoms with Gasteiger partial charge in [0.2, 0.25) is 5.88 Å². The van der Waals surface area contributed by atoms with Crippen LogP contribution in [-0.2, 0) is 17.6 Å². The third-order valence-electron chi connectivity index (χ3n) is 2.69. The third kappa shape index (κ3) is 1.91. The number of carboxylic acids is 1. The van der Waals surface area contributed by atoms with Gasteiger partial charge in [-0.3, -0.25) is 4.79 Å². The Morgan fingerprint density at radius 2 is 2.40 bits per heavy atom. The predicted octanol–water partition coefficient (Wildman–Crippen LogP) is 0.675. The fourth-order valence-electron chi connectivity index (χ4n) is 1.81. The number of nitrogens with zero attached hydrogens (tertiary/aromatic N) is 2. The Hall–Kier alpha value is -1.65. The van der Waals surface area contributed by atoms with Gasteiger partial charge < -0.3 is 9.84 Å². The summed E-state index contributed by atoms with van der Waals surface area (Å²) in [6.45, 7) is 0. The predicted molar refractivity (Wildman–Crippen MR) is 51.7 cm³/mol. The molecule has 0 radical (unpaired) electrons. The van der Waals surface area contributed by atoms with Crippen LogP contribution in [0.2, 0.25) is 0 Å². The first kappa shape index (κ1) is 9.89. The van der Waals surface area contributed by atoms with E-state index < -0.39 is 5.97 Å². The van der Waals surface area contributed by atoms with Crippen LogP contribution >= 0.6 is 0 Å². The molecule has 0 amide bonds. The van der Waals surface area contributed by atoms with Crippen molar-refractivity contribution in [3.63, 3.8) is 0 Å². The smallest absolute Gasteiger partial charge is 0.306 e. The molecule has 1 atom stereocenters. The summed E-state index contributed by atoms with van der Waals surface area (Å²) < 4.78 is 4.95. The average Bonchev–Trinajstić information content (AvgIpc) is 2.27. The van der Waals surface area contributed by atoms with Gasteiger partial charge >= 0.3 is 5.97 Å². The Morgan fingerprint density at radius 1 is 1.60 bits per heavy atom. The van der Waals surface area contributed by atoms with Crippen molar-refractivity contribution in [3.8, 4) is 5.88 Å². The number of hydrogen-bond donors (Lipinski definition) is 1. The first-order valence-electron chi connectivity index (χ1n) is 4.83. The molecule has 1 N–H and O–H groups in total. The van der Waals surface area contributed by atoms with Crippen molar-refractivity contribution >= 4 is 5.97 Å². The molecular weight excluding hydrogens is 196 g/mol. The minimum atomic E-state index is -0.739. The first-order chi connectivity index (χ1) is 7.20. The summed E-state index contributed by atoms with van der Waals surface area (Å²) in [6, 6.07) is 1.78. The molecule has 0 spiro atoms. The van der Waals surface area contributed by atoms with Crippen LogP contribution < -0.4 is 4.74 Å². The lowest BCUT2D eigenvalue weighted by atomic mass is 9.87. The molecule has 2 rings (SSSR count). The maximum Gasteiger partial charge on any atom is 0.306 e. The molecule has 0 fully saturated rings. The SMILES string of the molecule is COc1cc2c(nn1)CC[C@H](C(=O)O)C2. The lowest BCUT2D eigenvalue weighted by Gasteiger charge is -2.20. The van der Waals surface area contributed by atoms with Crippen LogP contribution in [0.25, 0.3) is 0 Å². The van der Waals surface area contributed by atoms with Crippen LogP contribution in [0.4, 0.5) is 0 Å². The van der Waals surface area contributed by atoms with E-state index in [2.05, 4.69) is 10.2 Å². The molecule has 80 valence electrons. The molecule has 1 heterocycles. The standard InChI is InChI=1S/C10H12N2O3/c1-15-9-5-7-4-6(10(13)14)2-3-8(7)11-12-9/h5-6H,2-4H2,1H3,(H,13,14)/t6-/m0/s1. The Morgan fingerprint density at radius 3 is 3.07 bits per heavy atom. The highest BCUT2D eigenvalue weighted by Crippen LogP contribution is 2.25. The Labute approximate surface area is 87.1 Å². The summed E-state index contributed by atoms with van der Waals surface area (Å²) in [4.78, 5) is 10.9. The maximum absolute atomic E-state index is 10.9. The quantitative estimate of drug-likeness (QED) is 0.773. The van der Waals surface area contributed by atoms with Crippen LogP contribution in [0.5, 0.6) is 5.88 Å². The van der Waals surface area contributed by atoms with Gasteiger partial charge in [0.05, 0.1) is 18.7 Å². The number of aromatic nitrogens is 2. The molecule has 0 aliphatic heterocycles. The van der Waals surface area contributed by atoms with E-state index in [0.29, 0.717) is 25.1 Å². The minimum Gasteiger partial charge on any atom is -0.481 e. The van der Waals surface area contributed by atoms with Crippen LogP contribution in [0.15, 0.2) is 6.07 Å². The van der Waals surface area contributed by atoms with Gasteiger partial charge in [0.1, 0.15) is 0 Å². The molecule has 0 aromatic carbocycles. The molecule has 1 aliphatic carbocycles. The average molecular weight is 208 g/mol. The zero-order chi connectivity index (χ0) is 10.8. The Balaban J connectivity index is 2.27. The number of carboxylic acid groups (broad SMARTS) is 1. The number of rotatable bonds is 2. The van der Waals surface area contributed by atoms with Crippen molar-refractivity contribution in [1.29, 1.82) is 0 Å². The van der Waals surface area contributed by atoms with E-state index in [0.717, 1.165) is 11.3 Å². The van der Waals surface area contributed by atoms with Crippen LogP contribution in [0.3, 0.4) is 0 Å². The molecule has 0 saturated carbocycles. The topological polar surface area (TPSA) is 72.3 Å². The Kier molecular flexibility index (Phi) is 2.53. The molecule has 0 bridgehead atoms. The van der Waals surface area contributed by atoms with Crippen LogP contribution in [-0.4, -0.2) is 28.4 Å². The van der Waals surface area contributed by atoms with Crippen molar-refractivity contribution in [1.82, 2.24) is 10.2 Å². The number of methoxy groups -OCH3 is 1. The summed E-state index contributed by atoms with van der Waals surface area (Å²) in [7, 11) is 1.52. The summed E-state index contributed by atoms with van der Waals surface area (Å²) in [5.74, 6) is -0.595. The number of aryl methyl sites for hydroxylation is 1. The molecule has 1 aliphatic rings. The highest BCUT2D eigenvalue weighted by atomic mass is 16.5. The van der Waals surface area contributed by atoms with E-state index in [1.807, 2.05) is 0 Å². The van der Waals surface area contributed by atoms with E-state index in [4.69, 9.17) is 9.84 Å². The summed E-state index contributed by atoms with van der Waals surface area (Å²) >= 11 is 0. The molecule has 0 saturated heterocycles. The van der Waals surface area contributed by atoms with Gasteiger partial charge in [0.15, 0.2) is 0 Å². The lowest BCUT2D eigenvalue weighted by Crippen LogP contribution is -2.23. The van der Waals surface area contributed by atoms with Gasteiger partial charge in [-0.25, -0.2) is 0 Å². The molecule has 15 heavy (non-hydrogen) atoms. The zero-order valence-electron chi connectivity index (χ0n) is 8.43. The highest BCUT2D eigenvalue weighted by molar-refractivity contribution is 5.70. The number of fused-ring (bicyclic) bond motifs is 1. The lowest BCUT2D eigenvalue weighted by molar-refractivity contribution is -0.142. The molecule has 1 aromatic heterocycles. The number of aliphatic carboxylic acids is 1. The molecule has 5 nitrogen and oxygen atoms in total. The van der Waals surface area contributed by atoms with E-state index in [1.165, 1.54) is 7.11 Å². The fourth-order valence-corrected chi connectivity index (χ4v) is 1.81. The second-order valence-corrected chi connectivity index (χ2v) is 3.64. The monoisotopic (exact) mass is 208 g/mol. The van der Waals surface area contributed by atoms with Crippen molar-refractivity contribution in [2.24, 2.45) is 5.92 Å². The van der Waals surface area contributed by atoms with Gasteiger partial charge in [-0.1, -0.05) is 0 Å². The summed E-state index contributed by atoms with van der Waals surface area (Å²) in [5.41, 5.74) is 1.84. The minimum absolute atomic E-state index is 0.300. The highest BCUT2D eigenvalue weighted by Gasteiger charge is 2.25. The number of carbonyl (C=O) groups is 1. The van der Waals surface area contributed by atoms with Crippen molar-refractivity contribution in [2.75, 3.05) is 7.11 Å². The zero-order valence-corrected chi connectivity index (χ0v) is 8.43. The van der Waals surface area contributed by atoms with Crippen molar-refractivity contribution in [3.05, 3.63) is 17.3 Å². The van der Waals surface area contributed by atoms with Gasteiger partial charge in [-0.05, 0) is 24.8 Å². The molecular formula is C10H12N2O3. The largest absolute Gasteiger partial charge is 0.481 e. The Bertz CT molecular complexity index is 392. The third-order valence-corrected chi connectivity index (χ3v) is 2.69. The first-order valence-corrected chi connectivity index (χ1v) is 4.83. The summed E-state index contributed by atoms with van der Waals surface area (Å²) in [5, 5.41) is 16.8. The van der Waals surface area contributed by atoms with Crippen molar-refractivity contribution < 1.29 is 14.6 Å². The molecule has 1 aromatic rings.